The number of rotatable bonds is 8. The standard InChI is InChI=1S/C26H37NO8SSi/c1-9-36-25-20(27-23(30)17-12-10-11-13-18(17)24(27)31)22(34-16(3)29)21(33-15(2)28)19(35-25)14-32-37(7,8)26(4,5)6/h10-13,19-22,25H,9,14H2,1-8H3/t19?,20-,21-,22+,25?/m0/s1. The predicted octanol–water partition coefficient (Wildman–Crippen LogP) is 4.01. The van der Waals surface area contributed by atoms with Crippen LogP contribution in [0.1, 0.15) is 62.3 Å². The van der Waals surface area contributed by atoms with E-state index in [1.165, 1.54) is 25.6 Å². The first-order chi connectivity index (χ1) is 17.2. The van der Waals surface area contributed by atoms with Crippen LogP contribution in [0.25, 0.3) is 0 Å². The molecule has 3 rings (SSSR count). The van der Waals surface area contributed by atoms with Gasteiger partial charge in [-0.05, 0) is 36.0 Å². The lowest BCUT2D eigenvalue weighted by Crippen LogP contribution is -2.66. The summed E-state index contributed by atoms with van der Waals surface area (Å²) >= 11 is 1.38. The number of nitrogens with zero attached hydrogens (tertiary/aromatic N) is 1. The summed E-state index contributed by atoms with van der Waals surface area (Å²) in [6.45, 7) is 15.0. The number of thioether (sulfide) groups is 1. The second-order valence-corrected chi connectivity index (χ2v) is 16.9. The second kappa shape index (κ2) is 11.3. The Morgan fingerprint density at radius 2 is 1.51 bits per heavy atom. The highest BCUT2D eigenvalue weighted by Crippen LogP contribution is 2.40. The molecule has 9 nitrogen and oxygen atoms in total. The van der Waals surface area contributed by atoms with Gasteiger partial charge in [0, 0.05) is 13.8 Å². The molecule has 37 heavy (non-hydrogen) atoms. The summed E-state index contributed by atoms with van der Waals surface area (Å²) in [5.41, 5.74) is -0.208. The summed E-state index contributed by atoms with van der Waals surface area (Å²) in [6.07, 6.45) is -3.01. The monoisotopic (exact) mass is 551 g/mol. The van der Waals surface area contributed by atoms with Crippen molar-refractivity contribution in [1.82, 2.24) is 4.90 Å². The summed E-state index contributed by atoms with van der Waals surface area (Å²) in [4.78, 5) is 52.4. The first-order valence-corrected chi connectivity index (χ1v) is 16.4. The molecule has 0 N–H and O–H groups in total. The van der Waals surface area contributed by atoms with E-state index in [2.05, 4.69) is 33.9 Å². The van der Waals surface area contributed by atoms with Crippen LogP contribution in [0.5, 0.6) is 0 Å². The third-order valence-corrected chi connectivity index (χ3v) is 12.6. The Kier molecular flexibility index (Phi) is 8.93. The van der Waals surface area contributed by atoms with Crippen LogP contribution in [0.15, 0.2) is 24.3 Å². The second-order valence-electron chi connectivity index (χ2n) is 10.7. The summed E-state index contributed by atoms with van der Waals surface area (Å²) in [5, 5.41) is -0.0752. The van der Waals surface area contributed by atoms with Crippen LogP contribution in [0.4, 0.5) is 0 Å². The highest BCUT2D eigenvalue weighted by Gasteiger charge is 2.56. The summed E-state index contributed by atoms with van der Waals surface area (Å²) < 4.78 is 24.2. The Hall–Kier alpha value is -2.21. The van der Waals surface area contributed by atoms with E-state index in [4.69, 9.17) is 18.6 Å². The van der Waals surface area contributed by atoms with Gasteiger partial charge in [0.15, 0.2) is 20.5 Å². The maximum absolute atomic E-state index is 13.4. The lowest BCUT2D eigenvalue weighted by molar-refractivity contribution is -0.213. The van der Waals surface area contributed by atoms with E-state index < -0.39 is 61.9 Å². The van der Waals surface area contributed by atoms with Gasteiger partial charge in [-0.25, -0.2) is 0 Å². The molecule has 1 aromatic carbocycles. The molecule has 0 aromatic heterocycles. The van der Waals surface area contributed by atoms with Gasteiger partial charge >= 0.3 is 11.9 Å². The zero-order chi connectivity index (χ0) is 27.7. The minimum absolute atomic E-state index is 0.0752. The number of carbonyl (C=O) groups excluding carboxylic acids is 4. The number of ether oxygens (including phenoxy) is 3. The molecular formula is C26H37NO8SSi. The highest BCUT2D eigenvalue weighted by molar-refractivity contribution is 7.99. The molecule has 2 aliphatic heterocycles. The maximum atomic E-state index is 13.4. The Morgan fingerprint density at radius 3 is 1.97 bits per heavy atom. The molecule has 2 aliphatic rings. The molecule has 2 unspecified atom stereocenters. The molecule has 2 heterocycles. The van der Waals surface area contributed by atoms with Crippen molar-refractivity contribution in [2.75, 3.05) is 12.4 Å². The molecule has 1 fully saturated rings. The van der Waals surface area contributed by atoms with Crippen molar-refractivity contribution in [3.05, 3.63) is 35.4 Å². The fourth-order valence-electron chi connectivity index (χ4n) is 4.24. The summed E-state index contributed by atoms with van der Waals surface area (Å²) in [5.74, 6) is -1.65. The van der Waals surface area contributed by atoms with E-state index in [0.717, 1.165) is 4.90 Å². The Bertz CT molecular complexity index is 1020. The average molecular weight is 552 g/mol. The third kappa shape index (κ3) is 6.10. The van der Waals surface area contributed by atoms with Gasteiger partial charge in [0.25, 0.3) is 11.8 Å². The van der Waals surface area contributed by atoms with Crippen molar-refractivity contribution in [3.8, 4) is 0 Å². The van der Waals surface area contributed by atoms with Gasteiger partial charge in [0.05, 0.1) is 17.7 Å². The van der Waals surface area contributed by atoms with E-state index in [9.17, 15) is 19.2 Å². The van der Waals surface area contributed by atoms with Crippen LogP contribution in [-0.2, 0) is 28.2 Å². The van der Waals surface area contributed by atoms with Gasteiger partial charge in [-0.2, -0.15) is 0 Å². The first-order valence-electron chi connectivity index (χ1n) is 12.4. The molecule has 1 saturated heterocycles. The molecule has 204 valence electrons. The fourth-order valence-corrected chi connectivity index (χ4v) is 6.28. The maximum Gasteiger partial charge on any atom is 0.303 e. The Balaban J connectivity index is 2.05. The fraction of sp³-hybridized carbons (Fsp3) is 0.615. The Labute approximate surface area is 223 Å². The van der Waals surface area contributed by atoms with Crippen molar-refractivity contribution in [3.63, 3.8) is 0 Å². The molecule has 0 bridgehead atoms. The Morgan fingerprint density at radius 1 is 1.00 bits per heavy atom. The SMILES string of the molecule is CCSC1OC(CO[Si](C)(C)C(C)(C)C)[C@H](OC(C)=O)[C@H](OC(C)=O)[C@@H]1N1C(=O)c2ccccc2C1=O. The molecule has 0 radical (unpaired) electrons. The lowest BCUT2D eigenvalue weighted by atomic mass is 9.96. The van der Waals surface area contributed by atoms with Gasteiger partial charge in [0.1, 0.15) is 17.6 Å². The van der Waals surface area contributed by atoms with Crippen molar-refractivity contribution < 1.29 is 37.8 Å². The molecule has 0 saturated carbocycles. The smallest absolute Gasteiger partial charge is 0.303 e. The summed E-state index contributed by atoms with van der Waals surface area (Å²) in [7, 11) is -2.21. The molecule has 1 aromatic rings. The minimum Gasteiger partial charge on any atom is -0.456 e. The van der Waals surface area contributed by atoms with Crippen LogP contribution in [0.2, 0.25) is 18.1 Å². The number of hydrogen-bond donors (Lipinski definition) is 0. The number of esters is 2. The number of imide groups is 1. The highest BCUT2D eigenvalue weighted by atomic mass is 32.2. The van der Waals surface area contributed by atoms with Crippen LogP contribution >= 0.6 is 11.8 Å². The van der Waals surface area contributed by atoms with Gasteiger partial charge in [0.2, 0.25) is 0 Å². The number of hydrogen-bond acceptors (Lipinski definition) is 9. The van der Waals surface area contributed by atoms with E-state index in [-0.39, 0.29) is 22.8 Å². The van der Waals surface area contributed by atoms with Crippen LogP contribution < -0.4 is 0 Å². The van der Waals surface area contributed by atoms with Gasteiger partial charge in [-0.3, -0.25) is 24.1 Å². The van der Waals surface area contributed by atoms with Crippen LogP contribution in [-0.4, -0.2) is 79.1 Å². The van der Waals surface area contributed by atoms with E-state index in [1.54, 1.807) is 24.3 Å². The zero-order valence-electron chi connectivity index (χ0n) is 22.7. The topological polar surface area (TPSA) is 108 Å². The molecule has 2 amide bonds. The van der Waals surface area contributed by atoms with Gasteiger partial charge in [-0.15, -0.1) is 11.8 Å². The normalized spacial score (nSPS) is 26.2. The molecule has 0 spiro atoms. The number of carbonyl (C=O) groups is 4. The van der Waals surface area contributed by atoms with Gasteiger partial charge in [-0.1, -0.05) is 39.8 Å². The van der Waals surface area contributed by atoms with Gasteiger partial charge < -0.3 is 18.6 Å². The van der Waals surface area contributed by atoms with Crippen molar-refractivity contribution >= 4 is 43.8 Å². The lowest BCUT2D eigenvalue weighted by Gasteiger charge is -2.48. The van der Waals surface area contributed by atoms with Crippen molar-refractivity contribution in [2.45, 2.75) is 89.5 Å². The first kappa shape index (κ1) is 29.3. The van der Waals surface area contributed by atoms with Crippen molar-refractivity contribution in [1.29, 1.82) is 0 Å². The number of fused-ring (bicyclic) bond motifs is 1. The molecule has 11 heteroatoms. The zero-order valence-corrected chi connectivity index (χ0v) is 24.5. The van der Waals surface area contributed by atoms with E-state index >= 15 is 0 Å². The quantitative estimate of drug-likeness (QED) is 0.269. The van der Waals surface area contributed by atoms with E-state index in [0.29, 0.717) is 5.75 Å². The largest absolute Gasteiger partial charge is 0.456 e. The number of benzene rings is 1. The molecule has 0 aliphatic carbocycles. The average Bonchev–Trinajstić information content (AvgIpc) is 3.03. The third-order valence-electron chi connectivity index (χ3n) is 7.09. The summed E-state index contributed by atoms with van der Waals surface area (Å²) in [6, 6.07) is 5.52. The molecule has 5 atom stereocenters. The van der Waals surface area contributed by atoms with E-state index in [1.807, 2.05) is 6.92 Å². The molecular weight excluding hydrogens is 514 g/mol. The van der Waals surface area contributed by atoms with Crippen LogP contribution in [0.3, 0.4) is 0 Å². The number of amides is 2. The minimum atomic E-state index is -2.21. The van der Waals surface area contributed by atoms with Crippen molar-refractivity contribution in [2.24, 2.45) is 0 Å². The predicted molar refractivity (Wildman–Crippen MR) is 142 cm³/mol. The van der Waals surface area contributed by atoms with Crippen LogP contribution in [0, 0.1) is 0 Å².